The van der Waals surface area contributed by atoms with Crippen LogP contribution in [-0.2, 0) is 17.8 Å². The zero-order chi connectivity index (χ0) is 24.8. The average molecular weight is 461 g/mol. The summed E-state index contributed by atoms with van der Waals surface area (Å²) in [5.41, 5.74) is 6.25. The number of nitrogens with zero attached hydrogens (tertiary/aromatic N) is 3. The topological polar surface area (TPSA) is 67.3 Å². The lowest BCUT2D eigenvalue weighted by molar-refractivity contribution is -0.105. The van der Waals surface area contributed by atoms with Crippen molar-refractivity contribution in [2.75, 3.05) is 23.9 Å². The highest BCUT2D eigenvalue weighted by atomic mass is 16.5. The summed E-state index contributed by atoms with van der Waals surface area (Å²) < 4.78 is 4.82. The SMILES string of the molecule is C/C=C(\C)CC.COc1ccc(NC=O)cn1.Cc1ccc(N2CCc3ccccc3C2)nc1. The lowest BCUT2D eigenvalue weighted by atomic mass is 10.00. The van der Waals surface area contributed by atoms with Crippen LogP contribution in [0.3, 0.4) is 0 Å². The van der Waals surface area contributed by atoms with E-state index in [4.69, 9.17) is 4.74 Å². The van der Waals surface area contributed by atoms with Crippen LogP contribution in [0.5, 0.6) is 5.88 Å². The number of rotatable bonds is 5. The molecule has 3 aromatic rings. The summed E-state index contributed by atoms with van der Waals surface area (Å²) in [6.07, 6.45) is 8.51. The highest BCUT2D eigenvalue weighted by molar-refractivity contribution is 5.70. The molecule has 0 saturated carbocycles. The summed E-state index contributed by atoms with van der Waals surface area (Å²) in [5.74, 6) is 1.62. The highest BCUT2D eigenvalue weighted by Gasteiger charge is 2.16. The number of ether oxygens (including phenoxy) is 1. The van der Waals surface area contributed by atoms with Gasteiger partial charge >= 0.3 is 0 Å². The lowest BCUT2D eigenvalue weighted by Gasteiger charge is -2.29. The van der Waals surface area contributed by atoms with Crippen molar-refractivity contribution in [2.45, 2.75) is 47.1 Å². The van der Waals surface area contributed by atoms with Crippen LogP contribution in [0.15, 0.2) is 72.6 Å². The van der Waals surface area contributed by atoms with Gasteiger partial charge in [-0.1, -0.05) is 48.9 Å². The number of fused-ring (bicyclic) bond motifs is 1. The second-order valence-electron chi connectivity index (χ2n) is 7.97. The smallest absolute Gasteiger partial charge is 0.213 e. The van der Waals surface area contributed by atoms with Gasteiger partial charge in [0.05, 0.1) is 19.0 Å². The minimum atomic E-state index is 0.529. The Bertz CT molecular complexity index is 1030. The standard InChI is InChI=1S/C15H16N2.C7H8N2O2.C6H12/c1-12-6-7-15(16-10-12)17-9-8-13-4-2-3-5-14(13)11-17;1-11-7-3-2-6(4-8-7)9-5-10;1-4-6(3)5-2/h2-7,10H,8-9,11H2,1H3;2-5H,1H3,(H,9,10);4H,5H2,1-3H3/b;;6-4+. The van der Waals surface area contributed by atoms with Crippen LogP contribution < -0.4 is 15.0 Å². The van der Waals surface area contributed by atoms with Gasteiger partial charge in [0, 0.05) is 25.4 Å². The first-order valence-electron chi connectivity index (χ1n) is 11.6. The minimum Gasteiger partial charge on any atom is -0.481 e. The third kappa shape index (κ3) is 8.70. The molecule has 0 atom stereocenters. The van der Waals surface area contributed by atoms with Gasteiger partial charge in [0.2, 0.25) is 12.3 Å². The molecule has 6 heteroatoms. The van der Waals surface area contributed by atoms with Crippen molar-refractivity contribution in [1.29, 1.82) is 0 Å². The van der Waals surface area contributed by atoms with Gasteiger partial charge in [0.25, 0.3) is 0 Å². The minimum absolute atomic E-state index is 0.529. The second-order valence-corrected chi connectivity index (χ2v) is 7.97. The first kappa shape index (κ1) is 26.6. The average Bonchev–Trinajstić information content (AvgIpc) is 2.90. The first-order valence-corrected chi connectivity index (χ1v) is 11.6. The van der Waals surface area contributed by atoms with Crippen molar-refractivity contribution >= 4 is 17.9 Å². The van der Waals surface area contributed by atoms with E-state index >= 15 is 0 Å². The van der Waals surface area contributed by atoms with Gasteiger partial charge in [-0.25, -0.2) is 9.97 Å². The number of hydrogen-bond acceptors (Lipinski definition) is 5. The monoisotopic (exact) mass is 460 g/mol. The van der Waals surface area contributed by atoms with Crippen LogP contribution in [-0.4, -0.2) is 30.0 Å². The van der Waals surface area contributed by atoms with Crippen molar-refractivity contribution in [3.8, 4) is 5.88 Å². The zero-order valence-corrected chi connectivity index (χ0v) is 20.9. The van der Waals surface area contributed by atoms with Gasteiger partial charge < -0.3 is 15.0 Å². The number of amides is 1. The molecule has 0 unspecified atom stereocenters. The largest absolute Gasteiger partial charge is 0.481 e. The number of pyridine rings is 2. The third-order valence-electron chi connectivity index (χ3n) is 5.57. The Hall–Kier alpha value is -3.67. The Morgan fingerprint density at radius 1 is 1.09 bits per heavy atom. The maximum absolute atomic E-state index is 9.96. The molecule has 3 heterocycles. The molecule has 0 spiro atoms. The molecule has 1 aliphatic heterocycles. The molecular weight excluding hydrogens is 424 g/mol. The molecule has 1 aromatic carbocycles. The maximum Gasteiger partial charge on any atom is 0.213 e. The van der Waals surface area contributed by atoms with Gasteiger partial charge in [-0.2, -0.15) is 0 Å². The van der Waals surface area contributed by atoms with Crippen LogP contribution in [0, 0.1) is 6.92 Å². The summed E-state index contributed by atoms with van der Waals surface area (Å²) in [5, 5.41) is 2.46. The molecule has 2 aromatic heterocycles. The molecule has 6 nitrogen and oxygen atoms in total. The van der Waals surface area contributed by atoms with E-state index in [1.165, 1.54) is 42.0 Å². The lowest BCUT2D eigenvalue weighted by Crippen LogP contribution is -2.30. The molecule has 1 aliphatic rings. The number of benzene rings is 1. The molecule has 4 rings (SSSR count). The van der Waals surface area contributed by atoms with Crippen LogP contribution in [0.2, 0.25) is 0 Å². The van der Waals surface area contributed by atoms with E-state index in [2.05, 4.69) is 90.4 Å². The number of carbonyl (C=O) groups is 1. The van der Waals surface area contributed by atoms with E-state index in [0.717, 1.165) is 25.3 Å². The van der Waals surface area contributed by atoms with Gasteiger partial charge in [-0.05, 0) is 62.4 Å². The molecular formula is C28H36N4O2. The van der Waals surface area contributed by atoms with Crippen molar-refractivity contribution in [1.82, 2.24) is 9.97 Å². The fourth-order valence-corrected chi connectivity index (χ4v) is 3.20. The van der Waals surface area contributed by atoms with Crippen molar-refractivity contribution < 1.29 is 9.53 Å². The Labute approximate surface area is 203 Å². The second kappa shape index (κ2) is 14.5. The van der Waals surface area contributed by atoms with E-state index in [-0.39, 0.29) is 0 Å². The molecule has 1 N–H and O–H groups in total. The summed E-state index contributed by atoms with van der Waals surface area (Å²) in [6.45, 7) is 10.5. The number of aryl methyl sites for hydroxylation is 1. The fourth-order valence-electron chi connectivity index (χ4n) is 3.20. The molecule has 34 heavy (non-hydrogen) atoms. The van der Waals surface area contributed by atoms with E-state index in [0.29, 0.717) is 18.0 Å². The van der Waals surface area contributed by atoms with Crippen LogP contribution in [0.25, 0.3) is 0 Å². The highest BCUT2D eigenvalue weighted by Crippen LogP contribution is 2.22. The summed E-state index contributed by atoms with van der Waals surface area (Å²) in [4.78, 5) is 20.7. The summed E-state index contributed by atoms with van der Waals surface area (Å²) in [7, 11) is 1.54. The predicted octanol–water partition coefficient (Wildman–Crippen LogP) is 5.97. The van der Waals surface area contributed by atoms with E-state index in [1.54, 1.807) is 12.1 Å². The number of hydrogen-bond donors (Lipinski definition) is 1. The third-order valence-corrected chi connectivity index (χ3v) is 5.57. The zero-order valence-electron chi connectivity index (χ0n) is 20.9. The normalized spacial score (nSPS) is 12.3. The number of anilines is 2. The van der Waals surface area contributed by atoms with Gasteiger partial charge in [0.15, 0.2) is 0 Å². The molecule has 0 saturated heterocycles. The molecule has 0 radical (unpaired) electrons. The maximum atomic E-state index is 9.96. The molecule has 1 amide bonds. The van der Waals surface area contributed by atoms with E-state index in [9.17, 15) is 4.79 Å². The number of aromatic nitrogens is 2. The fraction of sp³-hybridized carbons (Fsp3) is 0.321. The quantitative estimate of drug-likeness (QED) is 0.375. The Kier molecular flexibility index (Phi) is 11.3. The van der Waals surface area contributed by atoms with Gasteiger partial charge in [-0.3, -0.25) is 4.79 Å². The van der Waals surface area contributed by atoms with Crippen molar-refractivity contribution in [3.05, 3.63) is 89.3 Å². The Morgan fingerprint density at radius 2 is 1.85 bits per heavy atom. The van der Waals surface area contributed by atoms with Crippen LogP contribution in [0.4, 0.5) is 11.5 Å². The molecule has 0 fully saturated rings. The number of nitrogens with one attached hydrogen (secondary N) is 1. The van der Waals surface area contributed by atoms with Crippen molar-refractivity contribution in [3.63, 3.8) is 0 Å². The number of methoxy groups -OCH3 is 1. The van der Waals surface area contributed by atoms with Crippen LogP contribution >= 0.6 is 0 Å². The number of carbonyl (C=O) groups excluding carboxylic acids is 1. The molecule has 0 aliphatic carbocycles. The van der Waals surface area contributed by atoms with E-state index < -0.39 is 0 Å². The number of allylic oxidation sites excluding steroid dienone is 2. The Balaban J connectivity index is 0.000000207. The Morgan fingerprint density at radius 3 is 2.38 bits per heavy atom. The van der Waals surface area contributed by atoms with Gasteiger partial charge in [0.1, 0.15) is 5.82 Å². The van der Waals surface area contributed by atoms with E-state index in [1.807, 2.05) is 6.20 Å². The van der Waals surface area contributed by atoms with Crippen LogP contribution in [0.1, 0.15) is 43.9 Å². The molecule has 180 valence electrons. The summed E-state index contributed by atoms with van der Waals surface area (Å²) >= 11 is 0. The predicted molar refractivity (Wildman–Crippen MR) is 140 cm³/mol. The summed E-state index contributed by atoms with van der Waals surface area (Å²) in [6, 6.07) is 16.3. The molecule has 0 bridgehead atoms. The van der Waals surface area contributed by atoms with Crippen molar-refractivity contribution in [2.24, 2.45) is 0 Å². The van der Waals surface area contributed by atoms with Gasteiger partial charge in [-0.15, -0.1) is 0 Å². The first-order chi connectivity index (χ1) is 16.5.